The number of para-hydroxylation sites is 1. The lowest BCUT2D eigenvalue weighted by Gasteiger charge is -2.06. The first-order chi connectivity index (χ1) is 13.4. The van der Waals surface area contributed by atoms with Gasteiger partial charge in [-0.25, -0.2) is 0 Å². The minimum Gasteiger partial charge on any atom is -0.507 e. The van der Waals surface area contributed by atoms with Gasteiger partial charge < -0.3 is 14.9 Å². The van der Waals surface area contributed by atoms with Gasteiger partial charge in [-0.3, -0.25) is 14.2 Å². The normalized spacial score (nSPS) is 11.2. The second-order valence-electron chi connectivity index (χ2n) is 5.75. The van der Waals surface area contributed by atoms with Crippen LogP contribution in [0.5, 0.6) is 11.6 Å². The van der Waals surface area contributed by atoms with Crippen molar-refractivity contribution in [3.05, 3.63) is 53.1 Å². The standard InChI is InChI=1S/C19H16ClN3O5/c1-2-28-16(25)10-23-14-6-4-3-5-12(14)17(19(23)27)21-22-18(26)13-9-11(20)7-8-15(13)24/h3-9,24,27H,2,10H2,1H3. The van der Waals surface area contributed by atoms with Crippen molar-refractivity contribution < 1.29 is 24.5 Å². The number of hydrogen-bond acceptors (Lipinski definition) is 6. The first kappa shape index (κ1) is 19.4. The van der Waals surface area contributed by atoms with Crippen molar-refractivity contribution in [2.24, 2.45) is 10.2 Å². The van der Waals surface area contributed by atoms with E-state index in [9.17, 15) is 19.8 Å². The number of carbonyl (C=O) groups excluding carboxylic acids is 2. The van der Waals surface area contributed by atoms with Crippen LogP contribution in [-0.4, -0.2) is 33.3 Å². The number of amides is 1. The van der Waals surface area contributed by atoms with E-state index in [1.54, 1.807) is 31.2 Å². The maximum atomic E-state index is 12.3. The van der Waals surface area contributed by atoms with Crippen molar-refractivity contribution in [2.45, 2.75) is 13.5 Å². The summed E-state index contributed by atoms with van der Waals surface area (Å²) in [5.74, 6) is -1.98. The summed E-state index contributed by atoms with van der Waals surface area (Å²) < 4.78 is 6.24. The lowest BCUT2D eigenvalue weighted by atomic mass is 10.2. The molecular formula is C19H16ClN3O5. The Balaban J connectivity index is 2.00. The van der Waals surface area contributed by atoms with Crippen LogP contribution in [0.1, 0.15) is 17.3 Å². The average molecular weight is 402 g/mol. The lowest BCUT2D eigenvalue weighted by molar-refractivity contribution is -0.143. The molecule has 0 saturated heterocycles. The number of ether oxygens (including phenoxy) is 1. The van der Waals surface area contributed by atoms with Gasteiger partial charge in [0.15, 0.2) is 5.69 Å². The third-order valence-corrected chi connectivity index (χ3v) is 4.17. The molecule has 0 aliphatic heterocycles. The monoisotopic (exact) mass is 401 g/mol. The lowest BCUT2D eigenvalue weighted by Crippen LogP contribution is -2.12. The van der Waals surface area contributed by atoms with Gasteiger partial charge in [-0.2, -0.15) is 0 Å². The molecular weight excluding hydrogens is 386 g/mol. The summed E-state index contributed by atoms with van der Waals surface area (Å²) in [6.45, 7) is 1.67. The first-order valence-corrected chi connectivity index (χ1v) is 8.70. The predicted molar refractivity (Wildman–Crippen MR) is 102 cm³/mol. The number of phenols is 1. The van der Waals surface area contributed by atoms with Crippen LogP contribution in [0.15, 0.2) is 52.7 Å². The largest absolute Gasteiger partial charge is 0.507 e. The SMILES string of the molecule is CCOC(=O)Cn1c(O)c(N=NC(=O)c2cc(Cl)ccc2O)c2ccccc21. The topological polar surface area (TPSA) is 113 Å². The zero-order valence-electron chi connectivity index (χ0n) is 14.8. The van der Waals surface area contributed by atoms with Gasteiger partial charge in [-0.15, -0.1) is 10.2 Å². The molecule has 1 aromatic heterocycles. The van der Waals surface area contributed by atoms with Crippen LogP contribution in [0, 0.1) is 0 Å². The van der Waals surface area contributed by atoms with Crippen LogP contribution in [-0.2, 0) is 16.1 Å². The number of rotatable bonds is 5. The third-order valence-electron chi connectivity index (χ3n) is 3.94. The number of nitrogens with zero attached hydrogens (tertiary/aromatic N) is 3. The Bertz CT molecular complexity index is 1090. The smallest absolute Gasteiger partial charge is 0.326 e. The van der Waals surface area contributed by atoms with Gasteiger partial charge in [0.25, 0.3) is 5.91 Å². The molecule has 0 bridgehead atoms. The zero-order valence-corrected chi connectivity index (χ0v) is 15.6. The van der Waals surface area contributed by atoms with Crippen molar-refractivity contribution in [3.63, 3.8) is 0 Å². The van der Waals surface area contributed by atoms with E-state index in [0.29, 0.717) is 10.9 Å². The molecule has 0 unspecified atom stereocenters. The maximum Gasteiger partial charge on any atom is 0.326 e. The molecule has 144 valence electrons. The number of halogens is 1. The van der Waals surface area contributed by atoms with Crippen molar-refractivity contribution in [1.29, 1.82) is 0 Å². The van der Waals surface area contributed by atoms with Gasteiger partial charge in [-0.05, 0) is 31.2 Å². The van der Waals surface area contributed by atoms with Crippen molar-refractivity contribution in [1.82, 2.24) is 4.57 Å². The highest BCUT2D eigenvalue weighted by atomic mass is 35.5. The van der Waals surface area contributed by atoms with Crippen LogP contribution in [0.3, 0.4) is 0 Å². The average Bonchev–Trinajstić information content (AvgIpc) is 2.93. The number of esters is 1. The predicted octanol–water partition coefficient (Wildman–Crippen LogP) is 4.19. The van der Waals surface area contributed by atoms with Crippen molar-refractivity contribution in [3.8, 4) is 11.6 Å². The zero-order chi connectivity index (χ0) is 20.3. The van der Waals surface area contributed by atoms with E-state index in [0.717, 1.165) is 0 Å². The quantitative estimate of drug-likeness (QED) is 0.491. The molecule has 0 saturated carbocycles. The number of azo groups is 1. The molecule has 8 nitrogen and oxygen atoms in total. The highest BCUT2D eigenvalue weighted by Gasteiger charge is 2.19. The highest BCUT2D eigenvalue weighted by molar-refractivity contribution is 6.31. The van der Waals surface area contributed by atoms with Crippen LogP contribution in [0.25, 0.3) is 10.9 Å². The molecule has 0 spiro atoms. The summed E-state index contributed by atoms with van der Waals surface area (Å²) in [6.07, 6.45) is 0. The molecule has 2 aromatic carbocycles. The summed E-state index contributed by atoms with van der Waals surface area (Å²) in [4.78, 5) is 24.1. The van der Waals surface area contributed by atoms with E-state index in [2.05, 4.69) is 10.2 Å². The fourth-order valence-electron chi connectivity index (χ4n) is 2.69. The first-order valence-electron chi connectivity index (χ1n) is 8.32. The number of aromatic hydroxyl groups is 2. The van der Waals surface area contributed by atoms with E-state index in [-0.39, 0.29) is 41.1 Å². The van der Waals surface area contributed by atoms with Crippen LogP contribution in [0.2, 0.25) is 5.02 Å². The van der Waals surface area contributed by atoms with E-state index in [1.807, 2.05) is 0 Å². The minimum atomic E-state index is -0.832. The number of benzene rings is 2. The van der Waals surface area contributed by atoms with Crippen LogP contribution in [0.4, 0.5) is 5.69 Å². The molecule has 1 heterocycles. The minimum absolute atomic E-state index is 0.0229. The van der Waals surface area contributed by atoms with Gasteiger partial charge in [0, 0.05) is 10.4 Å². The number of carbonyl (C=O) groups is 2. The molecule has 0 fully saturated rings. The molecule has 0 aliphatic rings. The highest BCUT2D eigenvalue weighted by Crippen LogP contribution is 2.39. The second kappa shape index (κ2) is 8.10. The number of hydrogen-bond donors (Lipinski definition) is 2. The molecule has 0 atom stereocenters. The number of phenolic OH excluding ortho intramolecular Hbond substituents is 1. The summed E-state index contributed by atoms with van der Waals surface area (Å²) in [6, 6.07) is 10.8. The number of fused-ring (bicyclic) bond motifs is 1. The van der Waals surface area contributed by atoms with Gasteiger partial charge in [0.1, 0.15) is 12.3 Å². The second-order valence-corrected chi connectivity index (χ2v) is 6.18. The summed E-state index contributed by atoms with van der Waals surface area (Å²) in [5, 5.41) is 28.5. The Labute approximate surface area is 164 Å². The third kappa shape index (κ3) is 3.81. The summed E-state index contributed by atoms with van der Waals surface area (Å²) in [7, 11) is 0. The molecule has 9 heteroatoms. The molecule has 3 rings (SSSR count). The van der Waals surface area contributed by atoms with E-state index in [4.69, 9.17) is 16.3 Å². The van der Waals surface area contributed by atoms with Gasteiger partial charge in [0.05, 0.1) is 17.7 Å². The molecule has 1 amide bonds. The Morgan fingerprint density at radius 3 is 2.68 bits per heavy atom. The Morgan fingerprint density at radius 2 is 1.93 bits per heavy atom. The van der Waals surface area contributed by atoms with Crippen LogP contribution >= 0.6 is 11.6 Å². The molecule has 0 aliphatic carbocycles. The van der Waals surface area contributed by atoms with Gasteiger partial charge in [0.2, 0.25) is 5.88 Å². The Kier molecular flexibility index (Phi) is 5.60. The van der Waals surface area contributed by atoms with Crippen LogP contribution < -0.4 is 0 Å². The summed E-state index contributed by atoms with van der Waals surface area (Å²) >= 11 is 5.84. The molecule has 2 N–H and O–H groups in total. The van der Waals surface area contributed by atoms with Gasteiger partial charge >= 0.3 is 5.97 Å². The molecule has 0 radical (unpaired) electrons. The Morgan fingerprint density at radius 1 is 1.18 bits per heavy atom. The van der Waals surface area contributed by atoms with E-state index < -0.39 is 11.9 Å². The van der Waals surface area contributed by atoms with E-state index >= 15 is 0 Å². The van der Waals surface area contributed by atoms with E-state index in [1.165, 1.54) is 22.8 Å². The summed E-state index contributed by atoms with van der Waals surface area (Å²) in [5.41, 5.74) is 0.431. The fourth-order valence-corrected chi connectivity index (χ4v) is 2.87. The Hall–Kier alpha value is -3.39. The van der Waals surface area contributed by atoms with Crippen molar-refractivity contribution in [2.75, 3.05) is 6.61 Å². The molecule has 28 heavy (non-hydrogen) atoms. The maximum absolute atomic E-state index is 12.3. The molecule has 3 aromatic rings. The van der Waals surface area contributed by atoms with Crippen molar-refractivity contribution >= 4 is 40.1 Å². The van der Waals surface area contributed by atoms with Gasteiger partial charge in [-0.1, -0.05) is 29.8 Å². The fraction of sp³-hybridized carbons (Fsp3) is 0.158. The number of aromatic nitrogens is 1.